The normalized spacial score (nSPS) is 10.8. The molecule has 0 aliphatic rings. The highest BCUT2D eigenvalue weighted by atomic mass is 16.5. The van der Waals surface area contributed by atoms with Crippen LogP contribution in [0.3, 0.4) is 0 Å². The van der Waals surface area contributed by atoms with Gasteiger partial charge < -0.3 is 10.1 Å². The second kappa shape index (κ2) is 6.34. The van der Waals surface area contributed by atoms with Crippen molar-refractivity contribution in [1.29, 1.82) is 5.26 Å². The lowest BCUT2D eigenvalue weighted by atomic mass is 10.3. The van der Waals surface area contributed by atoms with Crippen molar-refractivity contribution in [2.75, 3.05) is 5.32 Å². The molecule has 5 heteroatoms. The zero-order valence-corrected chi connectivity index (χ0v) is 11.3. The Morgan fingerprint density at radius 1 is 1.20 bits per heavy atom. The van der Waals surface area contributed by atoms with Crippen LogP contribution in [0.1, 0.15) is 11.4 Å². The maximum absolute atomic E-state index is 8.73. The molecule has 0 amide bonds. The second-order valence-corrected chi connectivity index (χ2v) is 4.14. The van der Waals surface area contributed by atoms with Crippen molar-refractivity contribution in [3.63, 3.8) is 0 Å². The van der Waals surface area contributed by atoms with Crippen LogP contribution in [0.2, 0.25) is 0 Å². The minimum atomic E-state index is 0.118. The van der Waals surface area contributed by atoms with Gasteiger partial charge in [0.1, 0.15) is 5.75 Å². The number of anilines is 1. The summed E-state index contributed by atoms with van der Waals surface area (Å²) in [6, 6.07) is 13.0. The summed E-state index contributed by atoms with van der Waals surface area (Å²) in [5.41, 5.74) is 2.49. The highest BCUT2D eigenvalue weighted by molar-refractivity contribution is 5.91. The number of nitriles is 1. The van der Waals surface area contributed by atoms with Crippen LogP contribution in [0.5, 0.6) is 5.75 Å². The molecule has 0 bridgehead atoms. The van der Waals surface area contributed by atoms with Gasteiger partial charge in [-0.2, -0.15) is 5.26 Å². The average molecular weight is 266 g/mol. The lowest BCUT2D eigenvalue weighted by Gasteiger charge is -2.11. The smallest absolute Gasteiger partial charge is 0.310 e. The molecule has 2 rings (SSSR count). The van der Waals surface area contributed by atoms with Gasteiger partial charge in [0.15, 0.2) is 0 Å². The van der Waals surface area contributed by atoms with Gasteiger partial charge in [-0.3, -0.25) is 4.98 Å². The Hall–Kier alpha value is -2.87. The summed E-state index contributed by atoms with van der Waals surface area (Å²) in [5.74, 6) is 0.603. The largest absolute Gasteiger partial charge is 0.425 e. The standard InChI is InChI=1S/C15H14N4O/c1-11-8-9-14(12(2)18-11)19-15(17-10-16)20-13-6-4-3-5-7-13/h3-9H,1-2H3,(H,17,19). The minimum Gasteiger partial charge on any atom is -0.425 e. The number of aliphatic imine (C=N–C) groups is 1. The Balaban J connectivity index is 2.18. The number of aromatic nitrogens is 1. The fraction of sp³-hybridized carbons (Fsp3) is 0.133. The Bertz CT molecular complexity index is 659. The van der Waals surface area contributed by atoms with Gasteiger partial charge >= 0.3 is 6.02 Å². The number of rotatable bonds is 2. The van der Waals surface area contributed by atoms with Crippen molar-refractivity contribution in [2.24, 2.45) is 4.99 Å². The van der Waals surface area contributed by atoms with Gasteiger partial charge in [-0.25, -0.2) is 0 Å². The van der Waals surface area contributed by atoms with E-state index in [0.29, 0.717) is 5.75 Å². The van der Waals surface area contributed by atoms with Gasteiger partial charge in [0.2, 0.25) is 6.19 Å². The molecule has 100 valence electrons. The molecule has 0 atom stereocenters. The van der Waals surface area contributed by atoms with E-state index in [0.717, 1.165) is 17.1 Å². The van der Waals surface area contributed by atoms with E-state index in [9.17, 15) is 0 Å². The Labute approximate surface area is 117 Å². The molecule has 0 spiro atoms. The first-order valence-electron chi connectivity index (χ1n) is 6.10. The zero-order chi connectivity index (χ0) is 14.4. The number of hydrogen-bond acceptors (Lipinski definition) is 4. The molecule has 1 N–H and O–H groups in total. The third-order valence-corrected chi connectivity index (χ3v) is 2.58. The predicted octanol–water partition coefficient (Wildman–Crippen LogP) is 3.03. The molecule has 2 aromatic rings. The first kappa shape index (κ1) is 13.6. The molecule has 0 saturated carbocycles. The first-order chi connectivity index (χ1) is 9.69. The van der Waals surface area contributed by atoms with Gasteiger partial charge in [-0.05, 0) is 38.1 Å². The van der Waals surface area contributed by atoms with Crippen LogP contribution in [-0.2, 0) is 0 Å². The number of amidine groups is 1. The van der Waals surface area contributed by atoms with Crippen molar-refractivity contribution in [3.8, 4) is 11.9 Å². The number of nitrogens with one attached hydrogen (secondary N) is 1. The Kier molecular flexibility index (Phi) is 4.30. The van der Waals surface area contributed by atoms with Gasteiger partial charge in [0.25, 0.3) is 0 Å². The molecular weight excluding hydrogens is 252 g/mol. The molecule has 0 fully saturated rings. The number of aryl methyl sites for hydroxylation is 2. The summed E-state index contributed by atoms with van der Waals surface area (Å²) in [6.07, 6.45) is 1.72. The van der Waals surface area contributed by atoms with Crippen molar-refractivity contribution >= 4 is 11.7 Å². The fourth-order valence-corrected chi connectivity index (χ4v) is 1.66. The maximum Gasteiger partial charge on any atom is 0.310 e. The molecule has 0 aliphatic heterocycles. The van der Waals surface area contributed by atoms with Gasteiger partial charge in [0.05, 0.1) is 11.4 Å². The van der Waals surface area contributed by atoms with Crippen LogP contribution in [0.15, 0.2) is 47.5 Å². The predicted molar refractivity (Wildman–Crippen MR) is 77.5 cm³/mol. The van der Waals surface area contributed by atoms with Crippen molar-refractivity contribution in [3.05, 3.63) is 53.9 Å². The van der Waals surface area contributed by atoms with Crippen LogP contribution in [0, 0.1) is 25.3 Å². The van der Waals surface area contributed by atoms with Crippen LogP contribution in [-0.4, -0.2) is 11.0 Å². The van der Waals surface area contributed by atoms with Crippen LogP contribution in [0.25, 0.3) is 0 Å². The summed E-state index contributed by atoms with van der Waals surface area (Å²) >= 11 is 0. The molecule has 1 heterocycles. The van der Waals surface area contributed by atoms with E-state index >= 15 is 0 Å². The maximum atomic E-state index is 8.73. The highest BCUT2D eigenvalue weighted by Gasteiger charge is 2.06. The van der Waals surface area contributed by atoms with Crippen molar-refractivity contribution < 1.29 is 4.74 Å². The third-order valence-electron chi connectivity index (χ3n) is 2.58. The number of para-hydroxylation sites is 1. The first-order valence-corrected chi connectivity index (χ1v) is 6.10. The van der Waals surface area contributed by atoms with Crippen molar-refractivity contribution in [2.45, 2.75) is 13.8 Å². The summed E-state index contributed by atoms with van der Waals surface area (Å²) in [5, 5.41) is 11.7. The SMILES string of the molecule is Cc1ccc(N/C(=N/C#N)Oc2ccccc2)c(C)n1. The monoisotopic (exact) mass is 266 g/mol. The fourth-order valence-electron chi connectivity index (χ4n) is 1.66. The van der Waals surface area contributed by atoms with Crippen LogP contribution in [0.4, 0.5) is 5.69 Å². The van der Waals surface area contributed by atoms with Crippen LogP contribution < -0.4 is 10.1 Å². The summed E-state index contributed by atoms with van der Waals surface area (Å²) in [6.45, 7) is 3.80. The van der Waals surface area contributed by atoms with E-state index in [2.05, 4.69) is 15.3 Å². The molecule has 0 aliphatic carbocycles. The number of hydrogen-bond donors (Lipinski definition) is 1. The summed E-state index contributed by atoms with van der Waals surface area (Å²) in [7, 11) is 0. The quantitative estimate of drug-likeness (QED) is 0.515. The highest BCUT2D eigenvalue weighted by Crippen LogP contribution is 2.14. The number of pyridine rings is 1. The molecule has 1 aromatic heterocycles. The topological polar surface area (TPSA) is 70.3 Å². The number of ether oxygens (including phenoxy) is 1. The molecule has 0 saturated heterocycles. The van der Waals surface area contributed by atoms with Gasteiger partial charge in [-0.1, -0.05) is 18.2 Å². The number of benzene rings is 1. The van der Waals surface area contributed by atoms with Crippen LogP contribution >= 0.6 is 0 Å². The number of nitrogens with zero attached hydrogens (tertiary/aromatic N) is 3. The molecule has 1 aromatic carbocycles. The van der Waals surface area contributed by atoms with Crippen molar-refractivity contribution in [1.82, 2.24) is 4.98 Å². The molecule has 5 nitrogen and oxygen atoms in total. The molecular formula is C15H14N4O. The minimum absolute atomic E-state index is 0.118. The van der Waals surface area contributed by atoms with E-state index in [1.165, 1.54) is 0 Å². The Morgan fingerprint density at radius 2 is 1.95 bits per heavy atom. The van der Waals surface area contributed by atoms with Gasteiger partial charge in [0, 0.05) is 5.69 Å². The van der Waals surface area contributed by atoms with E-state index in [1.54, 1.807) is 18.3 Å². The molecule has 20 heavy (non-hydrogen) atoms. The van der Waals surface area contributed by atoms with E-state index in [-0.39, 0.29) is 6.02 Å². The average Bonchev–Trinajstić information content (AvgIpc) is 2.43. The second-order valence-electron chi connectivity index (χ2n) is 4.14. The van der Waals surface area contributed by atoms with E-state index in [1.807, 2.05) is 44.2 Å². The van der Waals surface area contributed by atoms with E-state index in [4.69, 9.17) is 10.00 Å². The van der Waals surface area contributed by atoms with E-state index < -0.39 is 0 Å². The zero-order valence-electron chi connectivity index (χ0n) is 11.3. The molecule has 0 unspecified atom stereocenters. The van der Waals surface area contributed by atoms with Gasteiger partial charge in [-0.15, -0.1) is 4.99 Å². The third kappa shape index (κ3) is 3.56. The lowest BCUT2D eigenvalue weighted by Crippen LogP contribution is -2.20. The molecule has 0 radical (unpaired) electrons. The summed E-state index contributed by atoms with van der Waals surface area (Å²) < 4.78 is 5.53. The Morgan fingerprint density at radius 3 is 2.60 bits per heavy atom. The summed E-state index contributed by atoms with van der Waals surface area (Å²) in [4.78, 5) is 7.98. The lowest BCUT2D eigenvalue weighted by molar-refractivity contribution is 0.549.